The van der Waals surface area contributed by atoms with Gasteiger partial charge in [0.25, 0.3) is 0 Å². The summed E-state index contributed by atoms with van der Waals surface area (Å²) >= 11 is 0. The first-order valence-corrected chi connectivity index (χ1v) is 4.83. The van der Waals surface area contributed by atoms with Crippen LogP contribution < -0.4 is 15.4 Å². The second-order valence-corrected chi connectivity index (χ2v) is 3.61. The SMILES string of the molecule is CN1C(=O)C(N)COc2cc(C#N)ccc21. The molecule has 1 heterocycles. The monoisotopic (exact) mass is 217 g/mol. The van der Waals surface area contributed by atoms with E-state index in [0.29, 0.717) is 17.0 Å². The van der Waals surface area contributed by atoms with Gasteiger partial charge < -0.3 is 15.4 Å². The molecule has 82 valence electrons. The van der Waals surface area contributed by atoms with Gasteiger partial charge in [0.15, 0.2) is 0 Å². The maximum absolute atomic E-state index is 11.7. The lowest BCUT2D eigenvalue weighted by Crippen LogP contribution is -2.43. The molecule has 1 aliphatic heterocycles. The van der Waals surface area contributed by atoms with Crippen LogP contribution >= 0.6 is 0 Å². The summed E-state index contributed by atoms with van der Waals surface area (Å²) in [5.41, 5.74) is 6.77. The van der Waals surface area contributed by atoms with Crippen LogP contribution in [0.15, 0.2) is 18.2 Å². The maximum atomic E-state index is 11.7. The third kappa shape index (κ3) is 1.59. The Bertz CT molecular complexity index is 479. The van der Waals surface area contributed by atoms with Gasteiger partial charge in [0.1, 0.15) is 18.4 Å². The second-order valence-electron chi connectivity index (χ2n) is 3.61. The standard InChI is InChI=1S/C11H11N3O2/c1-14-9-3-2-7(5-12)4-10(9)16-6-8(13)11(14)15/h2-4,8H,6,13H2,1H3. The molecule has 0 saturated carbocycles. The number of ether oxygens (including phenoxy) is 1. The third-order valence-electron chi connectivity index (χ3n) is 2.52. The number of fused-ring (bicyclic) bond motifs is 1. The van der Waals surface area contributed by atoms with E-state index in [-0.39, 0.29) is 12.5 Å². The average molecular weight is 217 g/mol. The highest BCUT2D eigenvalue weighted by atomic mass is 16.5. The molecular formula is C11H11N3O2. The summed E-state index contributed by atoms with van der Waals surface area (Å²) in [6.45, 7) is 0.130. The van der Waals surface area contributed by atoms with Gasteiger partial charge in [-0.25, -0.2) is 0 Å². The van der Waals surface area contributed by atoms with E-state index in [1.165, 1.54) is 4.90 Å². The van der Waals surface area contributed by atoms with E-state index >= 15 is 0 Å². The first-order chi connectivity index (χ1) is 7.63. The van der Waals surface area contributed by atoms with Crippen molar-refractivity contribution in [2.24, 2.45) is 5.73 Å². The Morgan fingerprint density at radius 3 is 3.06 bits per heavy atom. The summed E-state index contributed by atoms with van der Waals surface area (Å²) in [5, 5.41) is 8.77. The lowest BCUT2D eigenvalue weighted by Gasteiger charge is -2.17. The van der Waals surface area contributed by atoms with Crippen molar-refractivity contribution >= 4 is 11.6 Å². The lowest BCUT2D eigenvalue weighted by atomic mass is 10.2. The van der Waals surface area contributed by atoms with E-state index in [0.717, 1.165) is 0 Å². The van der Waals surface area contributed by atoms with Gasteiger partial charge in [-0.1, -0.05) is 0 Å². The molecule has 1 aliphatic rings. The number of likely N-dealkylation sites (N-methyl/N-ethyl adjacent to an activating group) is 1. The minimum Gasteiger partial charge on any atom is -0.489 e. The number of hydrogen-bond donors (Lipinski definition) is 1. The second kappa shape index (κ2) is 3.83. The normalized spacial score (nSPS) is 19.4. The van der Waals surface area contributed by atoms with Gasteiger partial charge in [-0.2, -0.15) is 5.26 Å². The Morgan fingerprint density at radius 2 is 2.38 bits per heavy atom. The number of anilines is 1. The highest BCUT2D eigenvalue weighted by Gasteiger charge is 2.26. The van der Waals surface area contributed by atoms with Gasteiger partial charge in [-0.15, -0.1) is 0 Å². The fraction of sp³-hybridized carbons (Fsp3) is 0.273. The van der Waals surface area contributed by atoms with Crippen LogP contribution in [0.1, 0.15) is 5.56 Å². The summed E-state index contributed by atoms with van der Waals surface area (Å²) in [4.78, 5) is 13.2. The quantitative estimate of drug-likeness (QED) is 0.675. The molecule has 1 aromatic carbocycles. The molecule has 2 N–H and O–H groups in total. The van der Waals surface area contributed by atoms with Crippen LogP contribution in [-0.2, 0) is 4.79 Å². The van der Waals surface area contributed by atoms with Crippen molar-refractivity contribution in [3.8, 4) is 11.8 Å². The van der Waals surface area contributed by atoms with Crippen molar-refractivity contribution < 1.29 is 9.53 Å². The molecule has 5 nitrogen and oxygen atoms in total. The molecule has 1 aromatic rings. The zero-order chi connectivity index (χ0) is 11.7. The highest BCUT2D eigenvalue weighted by molar-refractivity contribution is 5.98. The number of nitrogens with zero attached hydrogens (tertiary/aromatic N) is 2. The number of benzene rings is 1. The van der Waals surface area contributed by atoms with Gasteiger partial charge >= 0.3 is 0 Å². The summed E-state index contributed by atoms with van der Waals surface area (Å²) in [7, 11) is 1.64. The molecule has 1 atom stereocenters. The van der Waals surface area contributed by atoms with Gasteiger partial charge in [-0.3, -0.25) is 4.79 Å². The largest absolute Gasteiger partial charge is 0.489 e. The van der Waals surface area contributed by atoms with E-state index < -0.39 is 6.04 Å². The molecule has 0 bridgehead atoms. The molecule has 5 heteroatoms. The van der Waals surface area contributed by atoms with Crippen LogP contribution in [0.5, 0.6) is 5.75 Å². The average Bonchev–Trinajstić information content (AvgIpc) is 2.42. The van der Waals surface area contributed by atoms with E-state index in [1.54, 1.807) is 25.2 Å². The Balaban J connectivity index is 2.48. The van der Waals surface area contributed by atoms with Crippen LogP contribution in [0.2, 0.25) is 0 Å². The molecule has 0 fully saturated rings. The Hall–Kier alpha value is -2.06. The number of carbonyl (C=O) groups is 1. The van der Waals surface area contributed by atoms with Crippen molar-refractivity contribution in [1.82, 2.24) is 0 Å². The number of nitrogens with two attached hydrogens (primary N) is 1. The predicted octanol–water partition coefficient (Wildman–Crippen LogP) is 0.241. The maximum Gasteiger partial charge on any atom is 0.247 e. The number of carbonyl (C=O) groups excluding carboxylic acids is 1. The van der Waals surface area contributed by atoms with E-state index in [9.17, 15) is 4.79 Å². The van der Waals surface area contributed by atoms with Crippen molar-refractivity contribution in [1.29, 1.82) is 5.26 Å². The van der Waals surface area contributed by atoms with Gasteiger partial charge in [0, 0.05) is 13.1 Å². The van der Waals surface area contributed by atoms with Crippen molar-refractivity contribution in [2.45, 2.75) is 6.04 Å². The Morgan fingerprint density at radius 1 is 1.62 bits per heavy atom. The highest BCUT2D eigenvalue weighted by Crippen LogP contribution is 2.30. The van der Waals surface area contributed by atoms with Crippen LogP contribution in [0, 0.1) is 11.3 Å². The third-order valence-corrected chi connectivity index (χ3v) is 2.52. The fourth-order valence-corrected chi connectivity index (χ4v) is 1.59. The van der Waals surface area contributed by atoms with E-state index in [1.807, 2.05) is 6.07 Å². The smallest absolute Gasteiger partial charge is 0.247 e. The van der Waals surface area contributed by atoms with Crippen LogP contribution in [-0.4, -0.2) is 25.6 Å². The molecule has 0 radical (unpaired) electrons. The molecule has 0 aromatic heterocycles. The number of nitriles is 1. The molecule has 1 amide bonds. The molecular weight excluding hydrogens is 206 g/mol. The van der Waals surface area contributed by atoms with E-state index in [4.69, 9.17) is 15.7 Å². The van der Waals surface area contributed by atoms with Gasteiger partial charge in [0.2, 0.25) is 5.91 Å². The zero-order valence-corrected chi connectivity index (χ0v) is 8.80. The van der Waals surface area contributed by atoms with Gasteiger partial charge in [0.05, 0.1) is 17.3 Å². The minimum absolute atomic E-state index is 0.130. The van der Waals surface area contributed by atoms with Crippen molar-refractivity contribution in [3.63, 3.8) is 0 Å². The predicted molar refractivity (Wildman–Crippen MR) is 58.0 cm³/mol. The molecule has 0 aliphatic carbocycles. The molecule has 0 saturated heterocycles. The Kier molecular flexibility index (Phi) is 2.50. The van der Waals surface area contributed by atoms with Crippen LogP contribution in [0.3, 0.4) is 0 Å². The topological polar surface area (TPSA) is 79.3 Å². The minimum atomic E-state index is -0.664. The van der Waals surface area contributed by atoms with Crippen LogP contribution in [0.25, 0.3) is 0 Å². The summed E-state index contributed by atoms with van der Waals surface area (Å²) in [6, 6.07) is 6.29. The number of hydrogen-bond acceptors (Lipinski definition) is 4. The molecule has 0 spiro atoms. The molecule has 1 unspecified atom stereocenters. The first kappa shape index (κ1) is 10.5. The summed E-state index contributed by atoms with van der Waals surface area (Å²) in [6.07, 6.45) is 0. The van der Waals surface area contributed by atoms with Crippen molar-refractivity contribution in [3.05, 3.63) is 23.8 Å². The Labute approximate surface area is 93.0 Å². The number of rotatable bonds is 0. The fourth-order valence-electron chi connectivity index (χ4n) is 1.59. The number of amides is 1. The van der Waals surface area contributed by atoms with Crippen molar-refractivity contribution in [2.75, 3.05) is 18.6 Å². The summed E-state index contributed by atoms with van der Waals surface area (Å²) in [5.74, 6) is 0.325. The summed E-state index contributed by atoms with van der Waals surface area (Å²) < 4.78 is 5.41. The lowest BCUT2D eigenvalue weighted by molar-refractivity contribution is -0.119. The van der Waals surface area contributed by atoms with Gasteiger partial charge in [-0.05, 0) is 12.1 Å². The van der Waals surface area contributed by atoms with Crippen LogP contribution in [0.4, 0.5) is 5.69 Å². The van der Waals surface area contributed by atoms with E-state index in [2.05, 4.69) is 0 Å². The first-order valence-electron chi connectivity index (χ1n) is 4.83. The zero-order valence-electron chi connectivity index (χ0n) is 8.80. The molecule has 16 heavy (non-hydrogen) atoms. The molecule has 2 rings (SSSR count).